The molecule has 2 aliphatic rings. The minimum Gasteiger partial charge on any atom is -0.458 e. The Morgan fingerprint density at radius 2 is 1.71 bits per heavy atom. The number of amides is 5. The molecule has 0 radical (unpaired) electrons. The van der Waals surface area contributed by atoms with Gasteiger partial charge in [-0.05, 0) is 44.9 Å². The fourth-order valence-corrected chi connectivity index (χ4v) is 4.83. The van der Waals surface area contributed by atoms with Crippen molar-refractivity contribution in [2.45, 2.75) is 77.1 Å². The number of nitrogens with one attached hydrogen (secondary N) is 3. The number of carbonyl (C=O) groups is 6. The van der Waals surface area contributed by atoms with Gasteiger partial charge in [0.25, 0.3) is 5.91 Å². The maximum Gasteiger partial charge on any atom is 0.329 e. The van der Waals surface area contributed by atoms with Crippen LogP contribution in [-0.2, 0) is 41.7 Å². The van der Waals surface area contributed by atoms with Crippen molar-refractivity contribution in [1.82, 2.24) is 15.5 Å². The molecule has 3 N–H and O–H groups in total. The Labute approximate surface area is 238 Å². The number of hydrogen-bond acceptors (Lipinski definition) is 7. The number of hydrogen-bond donors (Lipinski definition) is 3. The lowest BCUT2D eigenvalue weighted by Gasteiger charge is -2.29. The highest BCUT2D eigenvalue weighted by atomic mass is 16.6. The third-order valence-corrected chi connectivity index (χ3v) is 6.74. The number of nitrogens with zero attached hydrogens (tertiary/aromatic N) is 1. The van der Waals surface area contributed by atoms with Crippen molar-refractivity contribution in [3.8, 4) is 0 Å². The molecule has 2 aliphatic heterocycles. The molecule has 2 aromatic carbocycles. The van der Waals surface area contributed by atoms with Gasteiger partial charge in [-0.25, -0.2) is 4.79 Å². The van der Waals surface area contributed by atoms with Gasteiger partial charge in [-0.1, -0.05) is 36.4 Å². The SMILES string of the molecule is CC(C)(C)OC(=O)[C@@H](Cc1ccccc1)NC(=O)CCC(=O)Nc1cccc2c1CN(C1CCC(=O)NC1=O)C2=O. The fraction of sp³-hybridized carbons (Fsp3) is 0.400. The van der Waals surface area contributed by atoms with Crippen LogP contribution >= 0.6 is 0 Å². The summed E-state index contributed by atoms with van der Waals surface area (Å²) in [7, 11) is 0. The van der Waals surface area contributed by atoms with E-state index in [1.54, 1.807) is 39.0 Å². The average Bonchev–Trinajstić information content (AvgIpc) is 3.24. The Hall–Kier alpha value is -4.54. The molecule has 11 nitrogen and oxygen atoms in total. The van der Waals surface area contributed by atoms with Crippen molar-refractivity contribution in [2.75, 3.05) is 5.32 Å². The normalized spacial score (nSPS) is 17.4. The second-order valence-corrected chi connectivity index (χ2v) is 11.1. The summed E-state index contributed by atoms with van der Waals surface area (Å²) < 4.78 is 5.49. The third kappa shape index (κ3) is 7.56. The van der Waals surface area contributed by atoms with Gasteiger partial charge in [-0.3, -0.25) is 29.3 Å². The average molecular weight is 563 g/mol. The second-order valence-electron chi connectivity index (χ2n) is 11.1. The molecule has 2 heterocycles. The molecule has 1 unspecified atom stereocenters. The van der Waals surface area contributed by atoms with Crippen molar-refractivity contribution in [3.05, 3.63) is 65.2 Å². The minimum absolute atomic E-state index is 0.106. The van der Waals surface area contributed by atoms with Gasteiger partial charge in [0.1, 0.15) is 17.7 Å². The molecule has 0 bridgehead atoms. The largest absolute Gasteiger partial charge is 0.458 e. The van der Waals surface area contributed by atoms with Crippen LogP contribution in [0.3, 0.4) is 0 Å². The third-order valence-electron chi connectivity index (χ3n) is 6.74. The highest BCUT2D eigenvalue weighted by Crippen LogP contribution is 2.32. The second kappa shape index (κ2) is 12.3. The maximum absolute atomic E-state index is 13.0. The molecule has 0 aromatic heterocycles. The molecule has 0 saturated carbocycles. The number of rotatable bonds is 9. The lowest BCUT2D eigenvalue weighted by Crippen LogP contribution is -2.52. The van der Waals surface area contributed by atoms with E-state index < -0.39 is 41.4 Å². The van der Waals surface area contributed by atoms with Gasteiger partial charge in [-0.2, -0.15) is 0 Å². The maximum atomic E-state index is 13.0. The summed E-state index contributed by atoms with van der Waals surface area (Å²) in [6, 6.07) is 12.4. The molecule has 41 heavy (non-hydrogen) atoms. The molecule has 2 atom stereocenters. The Balaban J connectivity index is 1.36. The molecule has 0 aliphatic carbocycles. The highest BCUT2D eigenvalue weighted by Gasteiger charge is 2.40. The first kappa shape index (κ1) is 29.4. The van der Waals surface area contributed by atoms with Crippen LogP contribution in [0.25, 0.3) is 0 Å². The molecule has 5 amide bonds. The van der Waals surface area contributed by atoms with Crippen molar-refractivity contribution in [1.29, 1.82) is 0 Å². The van der Waals surface area contributed by atoms with Crippen molar-refractivity contribution in [2.24, 2.45) is 0 Å². The van der Waals surface area contributed by atoms with Crippen LogP contribution in [0.2, 0.25) is 0 Å². The molecule has 1 fully saturated rings. The lowest BCUT2D eigenvalue weighted by molar-refractivity contribution is -0.158. The number of anilines is 1. The van der Waals surface area contributed by atoms with E-state index in [4.69, 9.17) is 4.74 Å². The van der Waals surface area contributed by atoms with E-state index in [1.807, 2.05) is 30.3 Å². The van der Waals surface area contributed by atoms with E-state index >= 15 is 0 Å². The lowest BCUT2D eigenvalue weighted by atomic mass is 10.0. The van der Waals surface area contributed by atoms with E-state index in [-0.39, 0.29) is 50.5 Å². The quantitative estimate of drug-likeness (QED) is 0.313. The van der Waals surface area contributed by atoms with Crippen LogP contribution in [-0.4, -0.2) is 58.1 Å². The number of piperidine rings is 1. The van der Waals surface area contributed by atoms with Crippen molar-refractivity contribution < 1.29 is 33.5 Å². The van der Waals surface area contributed by atoms with Crippen LogP contribution in [0.4, 0.5) is 5.69 Å². The molecule has 11 heteroatoms. The molecule has 2 aromatic rings. The van der Waals surface area contributed by atoms with Crippen LogP contribution < -0.4 is 16.0 Å². The van der Waals surface area contributed by atoms with Gasteiger partial charge in [0.15, 0.2) is 0 Å². The van der Waals surface area contributed by atoms with E-state index in [9.17, 15) is 28.8 Å². The molecular weight excluding hydrogens is 528 g/mol. The first-order valence-corrected chi connectivity index (χ1v) is 13.5. The molecule has 216 valence electrons. The summed E-state index contributed by atoms with van der Waals surface area (Å²) in [4.78, 5) is 76.6. The molecule has 1 saturated heterocycles. The van der Waals surface area contributed by atoms with Gasteiger partial charge in [0.05, 0.1) is 0 Å². The van der Waals surface area contributed by atoms with Gasteiger partial charge >= 0.3 is 5.97 Å². The first-order valence-electron chi connectivity index (χ1n) is 13.5. The predicted octanol–water partition coefficient (Wildman–Crippen LogP) is 2.24. The number of ether oxygens (including phenoxy) is 1. The molecule has 4 rings (SSSR count). The zero-order valence-corrected chi connectivity index (χ0v) is 23.3. The van der Waals surface area contributed by atoms with Crippen LogP contribution in [0, 0.1) is 0 Å². The van der Waals surface area contributed by atoms with Crippen LogP contribution in [0.5, 0.6) is 0 Å². The zero-order valence-electron chi connectivity index (χ0n) is 23.3. The first-order chi connectivity index (χ1) is 19.4. The summed E-state index contributed by atoms with van der Waals surface area (Å²) in [6.07, 6.45) is 0.280. The molecular formula is C30H34N4O7. The summed E-state index contributed by atoms with van der Waals surface area (Å²) in [5.74, 6) is -2.73. The number of imide groups is 1. The van der Waals surface area contributed by atoms with Crippen molar-refractivity contribution in [3.63, 3.8) is 0 Å². The summed E-state index contributed by atoms with van der Waals surface area (Å²) in [5.41, 5.74) is 1.45. The summed E-state index contributed by atoms with van der Waals surface area (Å²) in [6.45, 7) is 5.34. The van der Waals surface area contributed by atoms with Gasteiger partial charge in [0.2, 0.25) is 23.6 Å². The monoisotopic (exact) mass is 562 g/mol. The van der Waals surface area contributed by atoms with Crippen molar-refractivity contribution >= 4 is 41.2 Å². The number of esters is 1. The number of carbonyl (C=O) groups excluding carboxylic acids is 6. The van der Waals surface area contributed by atoms with E-state index in [2.05, 4.69) is 16.0 Å². The number of benzene rings is 2. The zero-order chi connectivity index (χ0) is 29.7. The fourth-order valence-electron chi connectivity index (χ4n) is 4.83. The Kier molecular flexibility index (Phi) is 8.85. The molecule has 0 spiro atoms. The van der Waals surface area contributed by atoms with E-state index in [1.165, 1.54) is 4.90 Å². The van der Waals surface area contributed by atoms with Crippen LogP contribution in [0.1, 0.15) is 67.9 Å². The van der Waals surface area contributed by atoms with E-state index in [0.29, 0.717) is 16.8 Å². The van der Waals surface area contributed by atoms with E-state index in [0.717, 1.165) is 5.56 Å². The standard InChI is InChI=1S/C30H34N4O7/c1-30(2,3)41-29(40)22(16-18-8-5-4-6-9-18)32-25(36)15-14-24(35)31-21-11-7-10-19-20(21)17-34(28(19)39)23-12-13-26(37)33-27(23)38/h4-11,22-23H,12-17H2,1-3H3,(H,31,35)(H,32,36)(H,33,37,38)/t22-,23?/m1/s1. The van der Waals surface area contributed by atoms with Gasteiger partial charge in [0, 0.05) is 49.0 Å². The smallest absolute Gasteiger partial charge is 0.329 e. The Morgan fingerprint density at radius 3 is 2.39 bits per heavy atom. The van der Waals surface area contributed by atoms with Gasteiger partial charge < -0.3 is 20.3 Å². The summed E-state index contributed by atoms with van der Waals surface area (Å²) in [5, 5.41) is 7.72. The Morgan fingerprint density at radius 1 is 1.00 bits per heavy atom. The van der Waals surface area contributed by atoms with Crippen LogP contribution in [0.15, 0.2) is 48.5 Å². The summed E-state index contributed by atoms with van der Waals surface area (Å²) >= 11 is 0. The Bertz CT molecular complexity index is 1370. The predicted molar refractivity (Wildman–Crippen MR) is 148 cm³/mol. The highest BCUT2D eigenvalue weighted by molar-refractivity contribution is 6.07. The number of fused-ring (bicyclic) bond motifs is 1. The van der Waals surface area contributed by atoms with Gasteiger partial charge in [-0.15, -0.1) is 0 Å². The topological polar surface area (TPSA) is 151 Å². The minimum atomic E-state index is -0.922.